The van der Waals surface area contributed by atoms with Gasteiger partial charge in [-0.25, -0.2) is 8.42 Å². The number of amides is 1. The predicted molar refractivity (Wildman–Crippen MR) is 109 cm³/mol. The van der Waals surface area contributed by atoms with E-state index in [1.807, 2.05) is 0 Å². The summed E-state index contributed by atoms with van der Waals surface area (Å²) >= 11 is 0. The molecular formula is C19H29N5O4S. The highest BCUT2D eigenvalue weighted by atomic mass is 32.2. The SMILES string of the molecule is CCN(CC)S(=O)(=O)c1ccc2nnn(OCC(=O)N[C@H]3CCCC[C@@H]3C)c2c1. The number of carbonyl (C=O) groups is 1. The Hall–Kier alpha value is -2.20. The molecule has 0 bridgehead atoms. The number of hydrogen-bond donors (Lipinski definition) is 1. The molecule has 1 heterocycles. The standard InChI is InChI=1S/C19H29N5O4S/c1-4-23(5-2)29(26,27)15-10-11-17-18(12-15)24(22-21-17)28-13-19(25)20-16-9-7-6-8-14(16)3/h10-12,14,16H,4-9,13H2,1-3H3,(H,20,25)/t14-,16-/m0/s1. The van der Waals surface area contributed by atoms with Crippen LogP contribution in [0, 0.1) is 5.92 Å². The molecule has 0 unspecified atom stereocenters. The van der Waals surface area contributed by atoms with Gasteiger partial charge < -0.3 is 10.2 Å². The molecule has 1 saturated carbocycles. The van der Waals surface area contributed by atoms with Crippen LogP contribution in [0.15, 0.2) is 23.1 Å². The zero-order chi connectivity index (χ0) is 21.0. The lowest BCUT2D eigenvalue weighted by Crippen LogP contribution is -2.43. The Labute approximate surface area is 171 Å². The van der Waals surface area contributed by atoms with Gasteiger partial charge in [-0.1, -0.05) is 38.5 Å². The highest BCUT2D eigenvalue weighted by molar-refractivity contribution is 7.89. The zero-order valence-corrected chi connectivity index (χ0v) is 18.0. The molecule has 0 saturated heterocycles. The lowest BCUT2D eigenvalue weighted by Gasteiger charge is -2.29. The molecule has 1 aromatic heterocycles. The first-order valence-corrected chi connectivity index (χ1v) is 11.6. The maximum absolute atomic E-state index is 12.8. The van der Waals surface area contributed by atoms with E-state index < -0.39 is 10.0 Å². The molecule has 10 heteroatoms. The third-order valence-corrected chi connectivity index (χ3v) is 7.55. The third-order valence-electron chi connectivity index (χ3n) is 5.51. The number of fused-ring (bicyclic) bond motifs is 1. The van der Waals surface area contributed by atoms with E-state index in [2.05, 4.69) is 22.6 Å². The van der Waals surface area contributed by atoms with E-state index >= 15 is 0 Å². The van der Waals surface area contributed by atoms with Crippen LogP contribution in [0.4, 0.5) is 0 Å². The van der Waals surface area contributed by atoms with Crippen molar-refractivity contribution in [1.82, 2.24) is 24.8 Å². The summed E-state index contributed by atoms with van der Waals surface area (Å²) in [6.07, 6.45) is 4.41. The second kappa shape index (κ2) is 9.08. The minimum Gasteiger partial charge on any atom is -0.385 e. The number of nitrogens with one attached hydrogen (secondary N) is 1. The van der Waals surface area contributed by atoms with Crippen molar-refractivity contribution in [1.29, 1.82) is 0 Å². The molecule has 0 aliphatic heterocycles. The van der Waals surface area contributed by atoms with E-state index in [-0.39, 0.29) is 23.5 Å². The largest absolute Gasteiger partial charge is 0.385 e. The lowest BCUT2D eigenvalue weighted by molar-refractivity contribution is -0.127. The Morgan fingerprint density at radius 1 is 1.28 bits per heavy atom. The first-order valence-electron chi connectivity index (χ1n) is 10.1. The van der Waals surface area contributed by atoms with Gasteiger partial charge in [0, 0.05) is 19.1 Å². The highest BCUT2D eigenvalue weighted by Crippen LogP contribution is 2.23. The Morgan fingerprint density at radius 2 is 2.00 bits per heavy atom. The van der Waals surface area contributed by atoms with E-state index in [1.54, 1.807) is 19.9 Å². The summed E-state index contributed by atoms with van der Waals surface area (Å²) in [6.45, 7) is 6.28. The quantitative estimate of drug-likeness (QED) is 0.691. The van der Waals surface area contributed by atoms with Gasteiger partial charge in [0.15, 0.2) is 6.61 Å². The summed E-state index contributed by atoms with van der Waals surface area (Å²) in [7, 11) is -3.61. The second-order valence-corrected chi connectivity index (χ2v) is 9.35. The van der Waals surface area contributed by atoms with Crippen molar-refractivity contribution < 1.29 is 18.0 Å². The topological polar surface area (TPSA) is 106 Å². The van der Waals surface area contributed by atoms with Gasteiger partial charge in [-0.2, -0.15) is 4.31 Å². The van der Waals surface area contributed by atoms with Gasteiger partial charge >= 0.3 is 0 Å². The maximum Gasteiger partial charge on any atom is 0.261 e. The molecule has 0 radical (unpaired) electrons. The maximum atomic E-state index is 12.8. The first kappa shape index (κ1) is 21.5. The number of carbonyl (C=O) groups excluding carboxylic acids is 1. The minimum absolute atomic E-state index is 0.140. The van der Waals surface area contributed by atoms with Crippen molar-refractivity contribution in [3.05, 3.63) is 18.2 Å². The Kier molecular flexibility index (Phi) is 6.74. The van der Waals surface area contributed by atoms with Crippen LogP contribution in [0.3, 0.4) is 0 Å². The van der Waals surface area contributed by atoms with Crippen LogP contribution >= 0.6 is 0 Å². The van der Waals surface area contributed by atoms with Crippen molar-refractivity contribution in [3.63, 3.8) is 0 Å². The molecule has 1 aliphatic rings. The average Bonchev–Trinajstić information content (AvgIpc) is 3.11. The highest BCUT2D eigenvalue weighted by Gasteiger charge is 2.24. The predicted octanol–water partition coefficient (Wildman–Crippen LogP) is 1.59. The van der Waals surface area contributed by atoms with Crippen LogP contribution in [0.1, 0.15) is 46.5 Å². The Bertz CT molecular complexity index is 955. The summed E-state index contributed by atoms with van der Waals surface area (Å²) in [4.78, 5) is 19.0. The normalized spacial score (nSPS) is 20.1. The number of hydrogen-bond acceptors (Lipinski definition) is 6. The van der Waals surface area contributed by atoms with Gasteiger partial charge in [-0.3, -0.25) is 4.79 Å². The molecule has 2 atom stereocenters. The monoisotopic (exact) mass is 423 g/mol. The molecule has 3 rings (SSSR count). The van der Waals surface area contributed by atoms with Gasteiger partial charge in [0.1, 0.15) is 11.0 Å². The van der Waals surface area contributed by atoms with Crippen molar-refractivity contribution >= 4 is 27.0 Å². The van der Waals surface area contributed by atoms with Crippen molar-refractivity contribution in [2.45, 2.75) is 57.4 Å². The molecule has 1 fully saturated rings. The van der Waals surface area contributed by atoms with E-state index in [0.29, 0.717) is 30.0 Å². The number of aromatic nitrogens is 3. The Balaban J connectivity index is 1.72. The summed E-state index contributed by atoms with van der Waals surface area (Å²) in [5.41, 5.74) is 0.891. The molecular weight excluding hydrogens is 394 g/mol. The molecule has 2 aromatic rings. The lowest BCUT2D eigenvalue weighted by atomic mass is 9.86. The van der Waals surface area contributed by atoms with Gasteiger partial charge in [0.05, 0.1) is 4.90 Å². The van der Waals surface area contributed by atoms with E-state index in [4.69, 9.17) is 4.84 Å². The third kappa shape index (κ3) is 4.69. The van der Waals surface area contributed by atoms with Crippen molar-refractivity contribution in [3.8, 4) is 0 Å². The van der Waals surface area contributed by atoms with Crippen LogP contribution in [-0.4, -0.2) is 59.5 Å². The number of sulfonamides is 1. The fourth-order valence-electron chi connectivity index (χ4n) is 3.75. The van der Waals surface area contributed by atoms with E-state index in [0.717, 1.165) is 24.1 Å². The van der Waals surface area contributed by atoms with Crippen LogP contribution in [0.25, 0.3) is 11.0 Å². The second-order valence-electron chi connectivity index (χ2n) is 7.41. The van der Waals surface area contributed by atoms with Gasteiger partial charge in [0.2, 0.25) is 10.0 Å². The van der Waals surface area contributed by atoms with Crippen molar-refractivity contribution in [2.24, 2.45) is 5.92 Å². The van der Waals surface area contributed by atoms with E-state index in [9.17, 15) is 13.2 Å². The van der Waals surface area contributed by atoms with Crippen molar-refractivity contribution in [2.75, 3.05) is 19.7 Å². The van der Waals surface area contributed by atoms with Crippen LogP contribution in [0.5, 0.6) is 0 Å². The van der Waals surface area contributed by atoms with Crippen LogP contribution in [0.2, 0.25) is 0 Å². The van der Waals surface area contributed by atoms with Gasteiger partial charge in [-0.15, -0.1) is 5.10 Å². The summed E-state index contributed by atoms with van der Waals surface area (Å²) < 4.78 is 26.9. The van der Waals surface area contributed by atoms with Gasteiger partial charge in [-0.05, 0) is 42.2 Å². The van der Waals surface area contributed by atoms with Crippen LogP contribution < -0.4 is 10.2 Å². The number of benzene rings is 1. The number of rotatable bonds is 8. The molecule has 0 spiro atoms. The summed E-state index contributed by atoms with van der Waals surface area (Å²) in [6, 6.07) is 4.73. The molecule has 1 amide bonds. The zero-order valence-electron chi connectivity index (χ0n) is 17.2. The smallest absolute Gasteiger partial charge is 0.261 e. The average molecular weight is 424 g/mol. The van der Waals surface area contributed by atoms with Gasteiger partial charge in [0.25, 0.3) is 5.91 Å². The molecule has 160 valence electrons. The molecule has 1 N–H and O–H groups in total. The molecule has 29 heavy (non-hydrogen) atoms. The van der Waals surface area contributed by atoms with Crippen LogP contribution in [-0.2, 0) is 14.8 Å². The molecule has 1 aromatic carbocycles. The Morgan fingerprint density at radius 3 is 2.69 bits per heavy atom. The summed E-state index contributed by atoms with van der Waals surface area (Å²) in [5.74, 6) is 0.229. The fourth-order valence-corrected chi connectivity index (χ4v) is 5.22. The first-order chi connectivity index (χ1) is 13.9. The molecule has 1 aliphatic carbocycles. The number of nitrogens with zero attached hydrogens (tertiary/aromatic N) is 4. The fraction of sp³-hybridized carbons (Fsp3) is 0.632. The minimum atomic E-state index is -3.61. The van der Waals surface area contributed by atoms with E-state index in [1.165, 1.54) is 22.9 Å². The summed E-state index contributed by atoms with van der Waals surface area (Å²) in [5, 5.41) is 10.9. The molecule has 9 nitrogen and oxygen atoms in total.